The SMILES string of the molecule is CC[C@@H]1NCCN2c3nc(OC[C@@]45CCCN4C[C@H](F)C5)nc4c(F)c(-c5cc(O)cc6ccccc56)nc(c34)OC[C@@H]12. The normalized spacial score (nSPS) is 26.8. The van der Waals surface area contributed by atoms with Crippen molar-refractivity contribution in [2.45, 2.75) is 56.4 Å². The lowest BCUT2D eigenvalue weighted by Gasteiger charge is -2.41. The van der Waals surface area contributed by atoms with Gasteiger partial charge in [-0.05, 0) is 48.7 Å². The molecule has 0 amide bonds. The molecule has 0 unspecified atom stereocenters. The number of nitrogens with one attached hydrogen (secondary N) is 1. The average Bonchev–Trinajstić information content (AvgIpc) is 3.48. The number of piperazine rings is 1. The first-order chi connectivity index (χ1) is 20.9. The predicted octanol–water partition coefficient (Wildman–Crippen LogP) is 4.59. The van der Waals surface area contributed by atoms with Crippen LogP contribution in [-0.4, -0.2) is 88.1 Å². The fourth-order valence-electron chi connectivity index (χ4n) is 7.74. The topological polar surface area (TPSA) is 95.9 Å². The second-order valence-electron chi connectivity index (χ2n) is 12.3. The Morgan fingerprint density at radius 1 is 1.19 bits per heavy atom. The molecule has 3 fully saturated rings. The minimum absolute atomic E-state index is 0.00581. The summed E-state index contributed by atoms with van der Waals surface area (Å²) in [7, 11) is 0. The molecule has 2 aromatic carbocycles. The largest absolute Gasteiger partial charge is 0.508 e. The Morgan fingerprint density at radius 3 is 2.95 bits per heavy atom. The van der Waals surface area contributed by atoms with Gasteiger partial charge in [-0.15, -0.1) is 0 Å². The summed E-state index contributed by atoms with van der Waals surface area (Å²) in [5.74, 6) is 0.150. The van der Waals surface area contributed by atoms with Gasteiger partial charge in [-0.25, -0.2) is 13.8 Å². The van der Waals surface area contributed by atoms with Crippen molar-refractivity contribution < 1.29 is 23.4 Å². The zero-order chi connectivity index (χ0) is 29.3. The van der Waals surface area contributed by atoms with Crippen LogP contribution in [0.2, 0.25) is 0 Å². The van der Waals surface area contributed by atoms with Crippen molar-refractivity contribution in [3.05, 3.63) is 42.2 Å². The molecular formula is C32H34F2N6O3. The van der Waals surface area contributed by atoms with Gasteiger partial charge >= 0.3 is 6.01 Å². The molecule has 224 valence electrons. The number of aromatic nitrogens is 3. The highest BCUT2D eigenvalue weighted by molar-refractivity contribution is 6.02. The van der Waals surface area contributed by atoms with Crippen LogP contribution >= 0.6 is 0 Å². The van der Waals surface area contributed by atoms with Crippen LogP contribution in [0.25, 0.3) is 32.9 Å². The molecule has 2 aromatic heterocycles. The first-order valence-electron chi connectivity index (χ1n) is 15.2. The second-order valence-corrected chi connectivity index (χ2v) is 12.3. The maximum absolute atomic E-state index is 16.8. The Labute approximate surface area is 247 Å². The van der Waals surface area contributed by atoms with Crippen LogP contribution in [-0.2, 0) is 0 Å². The molecule has 11 heteroatoms. The molecule has 0 spiro atoms. The molecule has 0 saturated carbocycles. The van der Waals surface area contributed by atoms with Gasteiger partial charge in [0.1, 0.15) is 47.5 Å². The van der Waals surface area contributed by atoms with Gasteiger partial charge in [0.2, 0.25) is 5.88 Å². The molecule has 0 radical (unpaired) electrons. The van der Waals surface area contributed by atoms with Gasteiger partial charge < -0.3 is 24.8 Å². The number of benzene rings is 2. The van der Waals surface area contributed by atoms with E-state index in [1.54, 1.807) is 6.07 Å². The Morgan fingerprint density at radius 2 is 2.07 bits per heavy atom. The van der Waals surface area contributed by atoms with Gasteiger partial charge in [0.25, 0.3) is 0 Å². The standard InChI is InChI=1S/C32H34F2N6O3/c1-2-23-24-16-42-30-25-28(26(34)27(36-30)22-13-20(41)12-18-6-3-4-7-21(18)22)37-31(38-29(25)40(24)11-9-35-23)43-17-32-8-5-10-39(32)15-19(33)14-32/h3-4,6-7,12-13,19,23-24,35,41H,2,5,8-11,14-17H2,1H3/t19-,23+,24+,32+/m1/s1. The molecule has 9 nitrogen and oxygen atoms in total. The molecule has 4 aliphatic heterocycles. The van der Waals surface area contributed by atoms with Gasteiger partial charge in [-0.1, -0.05) is 31.2 Å². The Bertz CT molecular complexity index is 1740. The van der Waals surface area contributed by atoms with Gasteiger partial charge in [-0.2, -0.15) is 9.97 Å². The molecule has 0 aliphatic carbocycles. The molecule has 8 rings (SSSR count). The van der Waals surface area contributed by atoms with Crippen LogP contribution in [0.15, 0.2) is 36.4 Å². The van der Waals surface area contributed by atoms with Crippen LogP contribution < -0.4 is 19.7 Å². The van der Waals surface area contributed by atoms with Crippen LogP contribution in [0.3, 0.4) is 0 Å². The van der Waals surface area contributed by atoms with E-state index < -0.39 is 17.5 Å². The van der Waals surface area contributed by atoms with E-state index in [2.05, 4.69) is 27.0 Å². The van der Waals surface area contributed by atoms with Gasteiger partial charge in [0, 0.05) is 37.7 Å². The van der Waals surface area contributed by atoms with Gasteiger partial charge in [-0.3, -0.25) is 4.90 Å². The third kappa shape index (κ3) is 4.27. The Balaban J connectivity index is 1.30. The number of anilines is 1. The highest BCUT2D eigenvalue weighted by Gasteiger charge is 2.49. The van der Waals surface area contributed by atoms with E-state index in [0.29, 0.717) is 42.9 Å². The molecule has 4 aromatic rings. The number of rotatable bonds is 5. The number of halogens is 2. The summed E-state index contributed by atoms with van der Waals surface area (Å²) in [5.41, 5.74) is 0.128. The van der Waals surface area contributed by atoms with E-state index in [0.717, 1.165) is 43.1 Å². The molecular weight excluding hydrogens is 554 g/mol. The fourth-order valence-corrected chi connectivity index (χ4v) is 7.74. The fraction of sp³-hybridized carbons (Fsp3) is 0.469. The lowest BCUT2D eigenvalue weighted by molar-refractivity contribution is 0.107. The molecule has 6 heterocycles. The van der Waals surface area contributed by atoms with E-state index in [1.165, 1.54) is 6.07 Å². The minimum Gasteiger partial charge on any atom is -0.508 e. The number of pyridine rings is 1. The monoisotopic (exact) mass is 588 g/mol. The lowest BCUT2D eigenvalue weighted by atomic mass is 9.95. The lowest BCUT2D eigenvalue weighted by Crippen LogP contribution is -2.60. The summed E-state index contributed by atoms with van der Waals surface area (Å²) >= 11 is 0. The number of phenolic OH excluding ortho intramolecular Hbond substituents is 1. The number of nitrogens with zero attached hydrogens (tertiary/aromatic N) is 5. The number of alkyl halides is 1. The zero-order valence-electron chi connectivity index (χ0n) is 24.0. The number of aromatic hydroxyl groups is 1. The van der Waals surface area contributed by atoms with Crippen molar-refractivity contribution in [3.63, 3.8) is 0 Å². The number of ether oxygens (including phenoxy) is 2. The molecule has 43 heavy (non-hydrogen) atoms. The third-order valence-corrected chi connectivity index (χ3v) is 9.77. The summed E-state index contributed by atoms with van der Waals surface area (Å²) in [6, 6.07) is 10.8. The maximum atomic E-state index is 16.8. The van der Waals surface area contributed by atoms with E-state index >= 15 is 4.39 Å². The average molecular weight is 589 g/mol. The third-order valence-electron chi connectivity index (χ3n) is 9.77. The van der Waals surface area contributed by atoms with Crippen molar-refractivity contribution in [2.75, 3.05) is 44.3 Å². The number of hydrogen-bond donors (Lipinski definition) is 2. The van der Waals surface area contributed by atoms with Crippen molar-refractivity contribution in [2.24, 2.45) is 0 Å². The second kappa shape index (κ2) is 10.1. The molecule has 2 N–H and O–H groups in total. The summed E-state index contributed by atoms with van der Waals surface area (Å²) in [6.07, 6.45) is 2.24. The molecule has 4 atom stereocenters. The number of hydrogen-bond acceptors (Lipinski definition) is 9. The maximum Gasteiger partial charge on any atom is 0.319 e. The van der Waals surface area contributed by atoms with Crippen molar-refractivity contribution in [1.29, 1.82) is 0 Å². The van der Waals surface area contributed by atoms with Crippen molar-refractivity contribution in [1.82, 2.24) is 25.2 Å². The van der Waals surface area contributed by atoms with Crippen LogP contribution in [0.5, 0.6) is 17.6 Å². The number of fused-ring (bicyclic) bond motifs is 4. The van der Waals surface area contributed by atoms with Gasteiger partial charge in [0.05, 0.1) is 11.6 Å². The summed E-state index contributed by atoms with van der Waals surface area (Å²) in [5, 5.41) is 16.0. The van der Waals surface area contributed by atoms with E-state index in [4.69, 9.17) is 19.4 Å². The summed E-state index contributed by atoms with van der Waals surface area (Å²) in [4.78, 5) is 18.6. The Hall–Kier alpha value is -3.83. The quantitative estimate of drug-likeness (QED) is 0.347. The van der Waals surface area contributed by atoms with E-state index in [1.807, 2.05) is 24.3 Å². The van der Waals surface area contributed by atoms with Crippen molar-refractivity contribution >= 4 is 27.5 Å². The highest BCUT2D eigenvalue weighted by atomic mass is 19.1. The van der Waals surface area contributed by atoms with Gasteiger partial charge in [0.15, 0.2) is 5.82 Å². The zero-order valence-corrected chi connectivity index (χ0v) is 24.0. The molecule has 4 aliphatic rings. The first kappa shape index (κ1) is 26.8. The predicted molar refractivity (Wildman–Crippen MR) is 159 cm³/mol. The van der Waals surface area contributed by atoms with Crippen LogP contribution in [0, 0.1) is 5.82 Å². The summed E-state index contributed by atoms with van der Waals surface area (Å²) < 4.78 is 43.9. The van der Waals surface area contributed by atoms with Crippen molar-refractivity contribution in [3.8, 4) is 28.9 Å². The molecule has 0 bridgehead atoms. The van der Waals surface area contributed by atoms with E-state index in [-0.39, 0.29) is 47.5 Å². The minimum atomic E-state index is -0.887. The number of phenols is 1. The highest BCUT2D eigenvalue weighted by Crippen LogP contribution is 2.44. The first-order valence-corrected chi connectivity index (χ1v) is 15.2. The molecule has 3 saturated heterocycles. The smallest absolute Gasteiger partial charge is 0.319 e. The van der Waals surface area contributed by atoms with Crippen LogP contribution in [0.4, 0.5) is 14.6 Å². The summed E-state index contributed by atoms with van der Waals surface area (Å²) in [6.45, 7) is 5.34. The Kier molecular flexibility index (Phi) is 6.30. The van der Waals surface area contributed by atoms with E-state index in [9.17, 15) is 9.50 Å². The van der Waals surface area contributed by atoms with Crippen LogP contribution in [0.1, 0.15) is 32.6 Å².